The normalized spacial score (nSPS) is 10.3. The van der Waals surface area contributed by atoms with Crippen molar-refractivity contribution in [3.63, 3.8) is 0 Å². The summed E-state index contributed by atoms with van der Waals surface area (Å²) in [7, 11) is 21.4. The van der Waals surface area contributed by atoms with Crippen LogP contribution in [0, 0.1) is 59.2 Å². The lowest BCUT2D eigenvalue weighted by Gasteiger charge is -2.15. The maximum Gasteiger partial charge on any atom is 0.203 e. The van der Waals surface area contributed by atoms with Gasteiger partial charge in [-0.1, -0.05) is 59.2 Å². The van der Waals surface area contributed by atoms with E-state index in [-0.39, 0.29) is 12.8 Å². The lowest BCUT2D eigenvalue weighted by molar-refractivity contribution is 0.324. The molecular formula is C66H64O16. The summed E-state index contributed by atoms with van der Waals surface area (Å²) in [6.45, 7) is -0.871. The number of rotatable bonds is 19. The molecule has 424 valence electrons. The second-order valence-electron chi connectivity index (χ2n) is 17.2. The SMILES string of the molecule is COc1cc(C#Cc2cc(C/C(C#CCO)=C(\CO)Cc3cc(C#Cc4cc(OC)c(OC)c(OC)c4)c(OC)c(C#Cc4cc(OC)c(OC)c(OC)c4)c3)cc(C#Cc3cc(OC)c(OC)c(OC)c3)c2OC)cc(OC)c1OC. The fourth-order valence-electron chi connectivity index (χ4n) is 8.68. The van der Waals surface area contributed by atoms with Crippen molar-refractivity contribution in [1.82, 2.24) is 0 Å². The fraction of sp³-hybridized carbons (Fsp3) is 0.273. The highest BCUT2D eigenvalue weighted by molar-refractivity contribution is 5.67. The zero-order chi connectivity index (χ0) is 59.3. The molecule has 0 saturated heterocycles. The number of methoxy groups -OCH3 is 14. The molecule has 0 aliphatic carbocycles. The molecule has 0 heterocycles. The van der Waals surface area contributed by atoms with E-state index in [4.69, 9.17) is 66.3 Å². The number of ether oxygens (including phenoxy) is 14. The van der Waals surface area contributed by atoms with Gasteiger partial charge in [-0.2, -0.15) is 0 Å². The van der Waals surface area contributed by atoms with Crippen LogP contribution in [0.25, 0.3) is 0 Å². The summed E-state index contributed by atoms with van der Waals surface area (Å²) in [6.07, 6.45) is 0.313. The van der Waals surface area contributed by atoms with Gasteiger partial charge in [-0.15, -0.1) is 0 Å². The first-order valence-corrected chi connectivity index (χ1v) is 25.0. The number of aliphatic hydroxyl groups excluding tert-OH is 2. The summed E-state index contributed by atoms with van der Waals surface area (Å²) in [5.74, 6) is 37.8. The minimum atomic E-state index is -0.453. The molecule has 0 spiro atoms. The zero-order valence-electron chi connectivity index (χ0n) is 48.4. The van der Waals surface area contributed by atoms with Gasteiger partial charge < -0.3 is 76.5 Å². The molecule has 0 atom stereocenters. The first kappa shape index (κ1) is 61.2. The second kappa shape index (κ2) is 29.8. The fourth-order valence-corrected chi connectivity index (χ4v) is 8.68. The van der Waals surface area contributed by atoms with Crippen LogP contribution in [0.3, 0.4) is 0 Å². The van der Waals surface area contributed by atoms with Gasteiger partial charge in [0.15, 0.2) is 46.0 Å². The van der Waals surface area contributed by atoms with Gasteiger partial charge in [0.05, 0.1) is 128 Å². The van der Waals surface area contributed by atoms with Gasteiger partial charge in [-0.25, -0.2) is 0 Å². The van der Waals surface area contributed by atoms with Crippen LogP contribution in [0.5, 0.6) is 80.5 Å². The summed E-state index contributed by atoms with van der Waals surface area (Å²) in [4.78, 5) is 0. The van der Waals surface area contributed by atoms with Crippen LogP contribution in [-0.4, -0.2) is 123 Å². The van der Waals surface area contributed by atoms with E-state index in [9.17, 15) is 10.2 Å². The van der Waals surface area contributed by atoms with Crippen molar-refractivity contribution < 1.29 is 76.5 Å². The molecule has 16 nitrogen and oxygen atoms in total. The Morgan fingerprint density at radius 3 is 0.756 bits per heavy atom. The van der Waals surface area contributed by atoms with E-state index in [1.54, 1.807) is 48.5 Å². The quantitative estimate of drug-likeness (QED) is 0.0740. The minimum Gasteiger partial charge on any atom is -0.494 e. The van der Waals surface area contributed by atoms with Crippen molar-refractivity contribution in [2.24, 2.45) is 0 Å². The summed E-state index contributed by atoms with van der Waals surface area (Å²) in [6, 6.07) is 21.4. The summed E-state index contributed by atoms with van der Waals surface area (Å²) >= 11 is 0. The molecule has 0 aromatic heterocycles. The topological polar surface area (TPSA) is 170 Å². The van der Waals surface area contributed by atoms with Crippen LogP contribution in [0.1, 0.15) is 55.6 Å². The molecule has 16 heteroatoms. The molecule has 0 saturated carbocycles. The third kappa shape index (κ3) is 14.4. The van der Waals surface area contributed by atoms with Gasteiger partial charge in [0.25, 0.3) is 0 Å². The van der Waals surface area contributed by atoms with Crippen LogP contribution in [0.15, 0.2) is 83.9 Å². The highest BCUT2D eigenvalue weighted by atomic mass is 16.6. The standard InChI is InChI=1S/C66H64O16/c1-69-53-32-41(33-54(70-2)63(53)79-11)17-21-48-27-45(28-49(61(48)77-9)22-18-42-34-55(71-3)64(80-12)56(35-42)72-4)26-47(16-15-25-67)52(40-68)31-46-29-50(23-19-43-36-57(73-5)65(81-13)58(37-43)74-6)62(78-10)51(30-46)24-20-44-38-59(75-7)66(82-14)60(39-44)76-8/h27-30,32-39,67-68H,25-26,31,40H2,1-14H3/b52-47-. The lowest BCUT2D eigenvalue weighted by atomic mass is 9.92. The molecule has 0 aliphatic heterocycles. The van der Waals surface area contributed by atoms with Crippen LogP contribution in [0.4, 0.5) is 0 Å². The predicted molar refractivity (Wildman–Crippen MR) is 311 cm³/mol. The van der Waals surface area contributed by atoms with Crippen molar-refractivity contribution >= 4 is 0 Å². The summed E-state index contributed by atoms with van der Waals surface area (Å²) in [5.41, 5.74) is 6.57. The van der Waals surface area contributed by atoms with Crippen molar-refractivity contribution in [2.45, 2.75) is 12.8 Å². The Labute approximate surface area is 479 Å². The summed E-state index contributed by atoms with van der Waals surface area (Å²) < 4.78 is 79.3. The van der Waals surface area contributed by atoms with Gasteiger partial charge in [0, 0.05) is 34.2 Å². The summed E-state index contributed by atoms with van der Waals surface area (Å²) in [5, 5.41) is 21.5. The molecule has 0 radical (unpaired) electrons. The highest BCUT2D eigenvalue weighted by Gasteiger charge is 2.20. The molecule has 0 bridgehead atoms. The average Bonchev–Trinajstić information content (AvgIpc) is 3.54. The van der Waals surface area contributed by atoms with E-state index in [1.807, 2.05) is 24.3 Å². The third-order valence-electron chi connectivity index (χ3n) is 12.5. The van der Waals surface area contributed by atoms with Gasteiger partial charge >= 0.3 is 0 Å². The number of hydrogen-bond donors (Lipinski definition) is 2. The molecule has 0 aliphatic rings. The second-order valence-corrected chi connectivity index (χ2v) is 17.2. The van der Waals surface area contributed by atoms with Crippen LogP contribution in [-0.2, 0) is 12.8 Å². The predicted octanol–water partition coefficient (Wildman–Crippen LogP) is 8.48. The van der Waals surface area contributed by atoms with Crippen molar-refractivity contribution in [1.29, 1.82) is 0 Å². The van der Waals surface area contributed by atoms with Crippen molar-refractivity contribution in [3.05, 3.63) is 140 Å². The van der Waals surface area contributed by atoms with E-state index < -0.39 is 13.2 Å². The van der Waals surface area contributed by atoms with E-state index in [0.29, 0.717) is 147 Å². The molecule has 82 heavy (non-hydrogen) atoms. The lowest BCUT2D eigenvalue weighted by Crippen LogP contribution is -2.05. The Kier molecular flexibility index (Phi) is 22.2. The maximum atomic E-state index is 11.4. The number of benzene rings is 6. The van der Waals surface area contributed by atoms with Crippen LogP contribution >= 0.6 is 0 Å². The largest absolute Gasteiger partial charge is 0.494 e. The first-order valence-electron chi connectivity index (χ1n) is 25.0. The molecule has 0 unspecified atom stereocenters. The van der Waals surface area contributed by atoms with Gasteiger partial charge in [0.2, 0.25) is 23.0 Å². The smallest absolute Gasteiger partial charge is 0.203 e. The Morgan fingerprint density at radius 2 is 0.549 bits per heavy atom. The molecule has 6 aromatic carbocycles. The van der Waals surface area contributed by atoms with E-state index in [0.717, 1.165) is 0 Å². The molecule has 2 N–H and O–H groups in total. The first-order chi connectivity index (χ1) is 39.9. The Bertz CT molecular complexity index is 3360. The van der Waals surface area contributed by atoms with Crippen LogP contribution < -0.4 is 66.3 Å². The zero-order valence-corrected chi connectivity index (χ0v) is 48.4. The number of hydrogen-bond acceptors (Lipinski definition) is 16. The molecule has 6 aromatic rings. The van der Waals surface area contributed by atoms with E-state index in [2.05, 4.69) is 59.2 Å². The minimum absolute atomic E-state index is 0.155. The van der Waals surface area contributed by atoms with Gasteiger partial charge in [0.1, 0.15) is 18.1 Å². The van der Waals surface area contributed by atoms with Crippen molar-refractivity contribution in [3.8, 4) is 140 Å². The molecule has 0 fully saturated rings. The monoisotopic (exact) mass is 1110 g/mol. The Morgan fingerprint density at radius 1 is 0.305 bits per heavy atom. The molecular weight excluding hydrogens is 1050 g/mol. The average molecular weight is 1110 g/mol. The molecule has 0 amide bonds. The maximum absolute atomic E-state index is 11.4. The Balaban J connectivity index is 1.58. The Hall–Kier alpha value is -10.0. The highest BCUT2D eigenvalue weighted by Crippen LogP contribution is 2.42. The third-order valence-corrected chi connectivity index (χ3v) is 12.5. The van der Waals surface area contributed by atoms with Crippen LogP contribution in [0.2, 0.25) is 0 Å². The van der Waals surface area contributed by atoms with Gasteiger partial charge in [-0.05, 0) is 95.9 Å². The van der Waals surface area contributed by atoms with Gasteiger partial charge in [-0.3, -0.25) is 0 Å². The van der Waals surface area contributed by atoms with E-state index in [1.165, 1.54) is 99.5 Å². The van der Waals surface area contributed by atoms with Crippen molar-refractivity contribution in [2.75, 3.05) is 113 Å². The number of aliphatic hydroxyl groups is 2. The molecule has 6 rings (SSSR count). The number of allylic oxidation sites excluding steroid dienone is 1. The van der Waals surface area contributed by atoms with E-state index >= 15 is 0 Å².